The van der Waals surface area contributed by atoms with Crippen molar-refractivity contribution >= 4 is 5.91 Å². The highest BCUT2D eigenvalue weighted by Crippen LogP contribution is 2.28. The topological polar surface area (TPSA) is 104 Å². The monoisotopic (exact) mass is 591 g/mol. The molecule has 0 bridgehead atoms. The lowest BCUT2D eigenvalue weighted by Gasteiger charge is -2.36. The fourth-order valence-electron chi connectivity index (χ4n) is 6.35. The Morgan fingerprint density at radius 2 is 1.42 bits per heavy atom. The summed E-state index contributed by atoms with van der Waals surface area (Å²) in [5.41, 5.74) is 1.77. The maximum absolute atomic E-state index is 12.9. The van der Waals surface area contributed by atoms with Gasteiger partial charge in [-0.15, -0.1) is 0 Å². The van der Waals surface area contributed by atoms with Gasteiger partial charge in [0, 0.05) is 76.1 Å². The van der Waals surface area contributed by atoms with Gasteiger partial charge in [0.1, 0.15) is 11.6 Å². The fourth-order valence-corrected chi connectivity index (χ4v) is 6.35. The van der Waals surface area contributed by atoms with Crippen molar-refractivity contribution in [1.29, 1.82) is 0 Å². The molecule has 1 aromatic carbocycles. The molecule has 9 heteroatoms. The molecule has 3 aromatic rings. The number of imidazole rings is 2. The van der Waals surface area contributed by atoms with E-state index >= 15 is 0 Å². The molecule has 0 radical (unpaired) electrons. The summed E-state index contributed by atoms with van der Waals surface area (Å²) in [5, 5.41) is 10.7. The number of carbonyl (C=O) groups is 1. The van der Waals surface area contributed by atoms with E-state index in [-0.39, 0.29) is 12.5 Å². The molecule has 0 saturated carbocycles. The smallest absolute Gasteiger partial charge is 0.219 e. The molecule has 4 rings (SSSR count). The molecule has 0 atom stereocenters. The van der Waals surface area contributed by atoms with Crippen molar-refractivity contribution in [2.24, 2.45) is 11.3 Å². The van der Waals surface area contributed by atoms with E-state index in [1.54, 1.807) is 31.7 Å². The van der Waals surface area contributed by atoms with Crippen molar-refractivity contribution in [3.05, 3.63) is 71.8 Å². The highest BCUT2D eigenvalue weighted by Gasteiger charge is 2.35. The molecule has 1 saturated heterocycles. The number of amides is 1. The Kier molecular flexibility index (Phi) is 12.8. The second-order valence-electron chi connectivity index (χ2n) is 13.0. The largest absolute Gasteiger partial charge is 0.396 e. The van der Waals surface area contributed by atoms with E-state index in [0.717, 1.165) is 42.8 Å². The van der Waals surface area contributed by atoms with Crippen LogP contribution in [0.3, 0.4) is 0 Å². The standard InChI is InChI=1S/C34H53N7O2/c1-28(2)23-39-17-5-4-6-18-40(20-8-7-19-39)24-30-9-11-31(12-10-30)25-41(29(3)43)26-34(27-42,21-32-35-13-14-36-32)22-33-37-15-16-38-33/h9-16,28,42H,4-8,17-27H2,1-3H3,(H,35,36)(H,37,38). The summed E-state index contributed by atoms with van der Waals surface area (Å²) in [6, 6.07) is 8.74. The van der Waals surface area contributed by atoms with Crippen LogP contribution in [0.4, 0.5) is 0 Å². The first-order valence-corrected chi connectivity index (χ1v) is 16.2. The number of rotatable bonds is 13. The maximum Gasteiger partial charge on any atom is 0.219 e. The summed E-state index contributed by atoms with van der Waals surface area (Å²) < 4.78 is 0. The van der Waals surface area contributed by atoms with Crippen molar-refractivity contribution in [2.75, 3.05) is 45.9 Å². The SMILES string of the molecule is CC(=O)N(Cc1ccc(CN2CCCCCN(CC(C)C)CCCC2)cc1)CC(CO)(Cc1ncc[nH]1)Cc1ncc[nH]1. The number of aromatic amines is 2. The first-order valence-electron chi connectivity index (χ1n) is 16.2. The first kappa shape index (κ1) is 32.9. The van der Waals surface area contributed by atoms with Crippen LogP contribution >= 0.6 is 0 Å². The second-order valence-corrected chi connectivity index (χ2v) is 13.0. The number of aliphatic hydroxyl groups excluding tert-OH is 1. The van der Waals surface area contributed by atoms with Crippen LogP contribution in [0.5, 0.6) is 0 Å². The van der Waals surface area contributed by atoms with Gasteiger partial charge in [-0.3, -0.25) is 9.69 Å². The summed E-state index contributed by atoms with van der Waals surface area (Å²) in [6.07, 6.45) is 14.4. The zero-order valence-corrected chi connectivity index (χ0v) is 26.6. The number of aromatic nitrogens is 4. The van der Waals surface area contributed by atoms with Crippen molar-refractivity contribution in [2.45, 2.75) is 78.8 Å². The Morgan fingerprint density at radius 3 is 1.91 bits per heavy atom. The van der Waals surface area contributed by atoms with Crippen LogP contribution in [0.1, 0.15) is 75.7 Å². The molecule has 236 valence electrons. The summed E-state index contributed by atoms with van der Waals surface area (Å²) in [5.74, 6) is 2.28. The van der Waals surface area contributed by atoms with Gasteiger partial charge in [0.2, 0.25) is 5.91 Å². The molecule has 1 aliphatic heterocycles. The lowest BCUT2D eigenvalue weighted by Crippen LogP contribution is -2.45. The molecule has 3 N–H and O–H groups in total. The number of nitrogens with one attached hydrogen (secondary N) is 2. The fraction of sp³-hybridized carbons (Fsp3) is 0.618. The van der Waals surface area contributed by atoms with Crippen LogP contribution in [0, 0.1) is 11.3 Å². The molecule has 1 fully saturated rings. The maximum atomic E-state index is 12.9. The van der Waals surface area contributed by atoms with Crippen molar-refractivity contribution in [1.82, 2.24) is 34.6 Å². The van der Waals surface area contributed by atoms with Crippen LogP contribution in [0.15, 0.2) is 49.1 Å². The lowest BCUT2D eigenvalue weighted by atomic mass is 9.80. The first-order chi connectivity index (χ1) is 20.8. The Labute approximate surface area is 258 Å². The Morgan fingerprint density at radius 1 is 0.884 bits per heavy atom. The zero-order valence-electron chi connectivity index (χ0n) is 26.6. The predicted molar refractivity (Wildman–Crippen MR) is 171 cm³/mol. The van der Waals surface area contributed by atoms with Gasteiger partial charge in [0.25, 0.3) is 0 Å². The van der Waals surface area contributed by atoms with E-state index in [4.69, 9.17) is 0 Å². The highest BCUT2D eigenvalue weighted by atomic mass is 16.3. The number of hydrogen-bond acceptors (Lipinski definition) is 6. The van der Waals surface area contributed by atoms with E-state index in [1.807, 2.05) is 4.90 Å². The minimum atomic E-state index is -0.630. The Bertz CT molecular complexity index is 1140. The normalized spacial score (nSPS) is 16.3. The molecular weight excluding hydrogens is 538 g/mol. The average Bonchev–Trinajstić information content (AvgIpc) is 3.68. The van der Waals surface area contributed by atoms with Gasteiger partial charge in [0.15, 0.2) is 0 Å². The van der Waals surface area contributed by atoms with Gasteiger partial charge in [-0.25, -0.2) is 9.97 Å². The summed E-state index contributed by atoms with van der Waals surface area (Å²) in [7, 11) is 0. The molecule has 1 amide bonds. The molecular formula is C34H53N7O2. The molecule has 43 heavy (non-hydrogen) atoms. The lowest BCUT2D eigenvalue weighted by molar-refractivity contribution is -0.131. The van der Waals surface area contributed by atoms with Crippen LogP contribution in [0.2, 0.25) is 0 Å². The molecule has 1 aliphatic rings. The quantitative estimate of drug-likeness (QED) is 0.267. The predicted octanol–water partition coefficient (Wildman–Crippen LogP) is 4.67. The molecule has 2 aromatic heterocycles. The van der Waals surface area contributed by atoms with Gasteiger partial charge in [-0.05, 0) is 68.9 Å². The Hall–Kier alpha value is -3.01. The third kappa shape index (κ3) is 10.9. The molecule has 3 heterocycles. The van der Waals surface area contributed by atoms with Crippen LogP contribution < -0.4 is 0 Å². The van der Waals surface area contributed by atoms with E-state index in [1.165, 1.54) is 57.3 Å². The third-order valence-corrected chi connectivity index (χ3v) is 8.57. The van der Waals surface area contributed by atoms with Crippen molar-refractivity contribution < 1.29 is 9.90 Å². The van der Waals surface area contributed by atoms with Gasteiger partial charge < -0.3 is 24.9 Å². The molecule has 9 nitrogen and oxygen atoms in total. The minimum Gasteiger partial charge on any atom is -0.396 e. The molecule has 0 spiro atoms. The van der Waals surface area contributed by atoms with Gasteiger partial charge in [-0.1, -0.05) is 44.5 Å². The van der Waals surface area contributed by atoms with E-state index < -0.39 is 5.41 Å². The summed E-state index contributed by atoms with van der Waals surface area (Å²) in [4.78, 5) is 35.1. The van der Waals surface area contributed by atoms with Crippen LogP contribution in [-0.2, 0) is 30.7 Å². The number of aliphatic hydroxyl groups is 1. The van der Waals surface area contributed by atoms with Crippen molar-refractivity contribution in [3.8, 4) is 0 Å². The van der Waals surface area contributed by atoms with Gasteiger partial charge >= 0.3 is 0 Å². The second kappa shape index (κ2) is 16.7. The van der Waals surface area contributed by atoms with E-state index in [0.29, 0.717) is 25.9 Å². The zero-order chi connectivity index (χ0) is 30.5. The third-order valence-electron chi connectivity index (χ3n) is 8.57. The van der Waals surface area contributed by atoms with Gasteiger partial charge in [-0.2, -0.15) is 0 Å². The summed E-state index contributed by atoms with van der Waals surface area (Å²) >= 11 is 0. The Balaban J connectivity index is 1.37. The molecule has 0 unspecified atom stereocenters. The van der Waals surface area contributed by atoms with E-state index in [9.17, 15) is 9.90 Å². The van der Waals surface area contributed by atoms with Gasteiger partial charge in [0.05, 0.1) is 6.61 Å². The number of nitrogens with zero attached hydrogens (tertiary/aromatic N) is 5. The molecule has 0 aliphatic carbocycles. The van der Waals surface area contributed by atoms with E-state index in [2.05, 4.69) is 67.8 Å². The van der Waals surface area contributed by atoms with Crippen LogP contribution in [0.25, 0.3) is 0 Å². The highest BCUT2D eigenvalue weighted by molar-refractivity contribution is 5.73. The number of benzene rings is 1. The average molecular weight is 592 g/mol. The minimum absolute atomic E-state index is 0.0173. The number of H-pyrrole nitrogens is 2. The van der Waals surface area contributed by atoms with Crippen molar-refractivity contribution in [3.63, 3.8) is 0 Å². The van der Waals surface area contributed by atoms with Crippen LogP contribution in [-0.4, -0.2) is 91.5 Å². The number of carbonyl (C=O) groups excluding carboxylic acids is 1. The number of hydrogen-bond donors (Lipinski definition) is 3. The summed E-state index contributed by atoms with van der Waals surface area (Å²) in [6.45, 7) is 14.0.